The standard InChI is InChI=1S/C15H24N2O2/c1-11(2)19-13-5-3-4-12(14(13)16)17-10-15(6-7-15)8-9-18/h3-5,11,17-18H,6-10,16H2,1-2H3. The molecule has 1 fully saturated rings. The van der Waals surface area contributed by atoms with Crippen molar-refractivity contribution in [3.63, 3.8) is 0 Å². The maximum Gasteiger partial charge on any atom is 0.144 e. The largest absolute Gasteiger partial charge is 0.489 e. The van der Waals surface area contributed by atoms with Gasteiger partial charge in [-0.15, -0.1) is 0 Å². The molecular formula is C15H24N2O2. The molecule has 2 rings (SSSR count). The number of nitrogens with one attached hydrogen (secondary N) is 1. The zero-order valence-corrected chi connectivity index (χ0v) is 11.8. The monoisotopic (exact) mass is 264 g/mol. The normalized spacial score (nSPS) is 16.4. The van der Waals surface area contributed by atoms with Crippen molar-refractivity contribution in [2.75, 3.05) is 24.2 Å². The lowest BCUT2D eigenvalue weighted by atomic mass is 10.0. The third-order valence-corrected chi connectivity index (χ3v) is 3.68. The van der Waals surface area contributed by atoms with Crippen molar-refractivity contribution in [2.45, 2.75) is 39.2 Å². The lowest BCUT2D eigenvalue weighted by Gasteiger charge is -2.19. The lowest BCUT2D eigenvalue weighted by molar-refractivity contribution is 0.244. The van der Waals surface area contributed by atoms with Crippen molar-refractivity contribution in [2.24, 2.45) is 5.41 Å². The van der Waals surface area contributed by atoms with Gasteiger partial charge < -0.3 is 20.9 Å². The van der Waals surface area contributed by atoms with Crippen LogP contribution < -0.4 is 15.8 Å². The molecule has 0 saturated heterocycles. The fraction of sp³-hybridized carbons (Fsp3) is 0.600. The number of benzene rings is 1. The Morgan fingerprint density at radius 3 is 2.74 bits per heavy atom. The Morgan fingerprint density at radius 1 is 1.42 bits per heavy atom. The Bertz CT molecular complexity index is 428. The first-order valence-corrected chi connectivity index (χ1v) is 6.96. The molecule has 4 heteroatoms. The molecule has 4 N–H and O–H groups in total. The van der Waals surface area contributed by atoms with E-state index in [1.807, 2.05) is 32.0 Å². The van der Waals surface area contributed by atoms with Gasteiger partial charge in [0.15, 0.2) is 0 Å². The van der Waals surface area contributed by atoms with Crippen molar-refractivity contribution in [3.05, 3.63) is 18.2 Å². The maximum atomic E-state index is 9.06. The highest BCUT2D eigenvalue weighted by Gasteiger charge is 2.41. The summed E-state index contributed by atoms with van der Waals surface area (Å²) in [5.74, 6) is 0.729. The summed E-state index contributed by atoms with van der Waals surface area (Å²) in [5.41, 5.74) is 7.97. The van der Waals surface area contributed by atoms with Gasteiger partial charge in [0.2, 0.25) is 0 Å². The Balaban J connectivity index is 2.00. The Hall–Kier alpha value is -1.42. The molecule has 0 unspecified atom stereocenters. The fourth-order valence-corrected chi connectivity index (χ4v) is 2.27. The molecule has 4 nitrogen and oxygen atoms in total. The van der Waals surface area contributed by atoms with Gasteiger partial charge in [0.25, 0.3) is 0 Å². The van der Waals surface area contributed by atoms with Gasteiger partial charge in [-0.1, -0.05) is 6.07 Å². The second kappa shape index (κ2) is 5.70. The topological polar surface area (TPSA) is 67.5 Å². The summed E-state index contributed by atoms with van der Waals surface area (Å²) in [6, 6.07) is 5.81. The number of anilines is 2. The average Bonchev–Trinajstić information content (AvgIpc) is 3.11. The molecule has 0 bridgehead atoms. The van der Waals surface area contributed by atoms with Crippen LogP contribution in [0, 0.1) is 5.41 Å². The van der Waals surface area contributed by atoms with E-state index in [1.165, 1.54) is 12.8 Å². The van der Waals surface area contributed by atoms with Gasteiger partial charge in [0.1, 0.15) is 5.75 Å². The van der Waals surface area contributed by atoms with Crippen LogP contribution in [0.2, 0.25) is 0 Å². The molecule has 1 aliphatic rings. The van der Waals surface area contributed by atoms with Crippen molar-refractivity contribution >= 4 is 11.4 Å². The molecule has 0 radical (unpaired) electrons. The van der Waals surface area contributed by atoms with Gasteiger partial charge in [-0.2, -0.15) is 0 Å². The van der Waals surface area contributed by atoms with Gasteiger partial charge in [-0.25, -0.2) is 0 Å². The van der Waals surface area contributed by atoms with Gasteiger partial charge in [-0.3, -0.25) is 0 Å². The van der Waals surface area contributed by atoms with E-state index >= 15 is 0 Å². The van der Waals surface area contributed by atoms with Crippen LogP contribution in [0.1, 0.15) is 33.1 Å². The molecule has 0 aliphatic heterocycles. The van der Waals surface area contributed by atoms with Crippen molar-refractivity contribution in [1.29, 1.82) is 0 Å². The Kier molecular flexibility index (Phi) is 4.20. The number of nitrogen functional groups attached to an aromatic ring is 1. The maximum absolute atomic E-state index is 9.06. The Labute approximate surface area is 115 Å². The highest BCUT2D eigenvalue weighted by atomic mass is 16.5. The molecule has 19 heavy (non-hydrogen) atoms. The van der Waals surface area contributed by atoms with E-state index in [9.17, 15) is 0 Å². The number of rotatable bonds is 7. The van der Waals surface area contributed by atoms with E-state index in [2.05, 4.69) is 5.32 Å². The average molecular weight is 264 g/mol. The van der Waals surface area contributed by atoms with Crippen LogP contribution in [0.3, 0.4) is 0 Å². The van der Waals surface area contributed by atoms with Crippen LogP contribution in [0.4, 0.5) is 11.4 Å². The molecule has 0 aromatic heterocycles. The molecular weight excluding hydrogens is 240 g/mol. The minimum absolute atomic E-state index is 0.113. The van der Waals surface area contributed by atoms with Crippen LogP contribution in [-0.2, 0) is 0 Å². The quantitative estimate of drug-likeness (QED) is 0.662. The summed E-state index contributed by atoms with van der Waals surface area (Å²) < 4.78 is 5.68. The smallest absolute Gasteiger partial charge is 0.144 e. The summed E-state index contributed by atoms with van der Waals surface area (Å²) in [4.78, 5) is 0. The van der Waals surface area contributed by atoms with E-state index < -0.39 is 0 Å². The van der Waals surface area contributed by atoms with Crippen LogP contribution in [0.25, 0.3) is 0 Å². The number of hydrogen-bond donors (Lipinski definition) is 3. The van der Waals surface area contributed by atoms with Crippen molar-refractivity contribution < 1.29 is 9.84 Å². The van der Waals surface area contributed by atoms with Gasteiger partial charge in [0.05, 0.1) is 17.5 Å². The molecule has 0 amide bonds. The van der Waals surface area contributed by atoms with E-state index in [0.717, 1.165) is 24.4 Å². The number of aliphatic hydroxyl groups excluding tert-OH is 1. The molecule has 0 heterocycles. The number of ether oxygens (including phenoxy) is 1. The second-order valence-electron chi connectivity index (χ2n) is 5.71. The first-order valence-electron chi connectivity index (χ1n) is 6.96. The summed E-state index contributed by atoms with van der Waals surface area (Å²) in [7, 11) is 0. The predicted octanol–water partition coefficient (Wildman–Crippen LogP) is 2.63. The van der Waals surface area contributed by atoms with Crippen molar-refractivity contribution in [1.82, 2.24) is 0 Å². The van der Waals surface area contributed by atoms with Gasteiger partial charge in [0, 0.05) is 13.2 Å². The third kappa shape index (κ3) is 3.53. The first kappa shape index (κ1) is 14.0. The van der Waals surface area contributed by atoms with Crippen molar-refractivity contribution in [3.8, 4) is 5.75 Å². The van der Waals surface area contributed by atoms with Crippen LogP contribution in [0.15, 0.2) is 18.2 Å². The van der Waals surface area contributed by atoms with E-state index in [1.54, 1.807) is 0 Å². The van der Waals surface area contributed by atoms with Crippen LogP contribution in [-0.4, -0.2) is 24.4 Å². The van der Waals surface area contributed by atoms with Crippen LogP contribution in [0.5, 0.6) is 5.75 Å². The molecule has 0 atom stereocenters. The number of para-hydroxylation sites is 1. The van der Waals surface area contributed by atoms with Gasteiger partial charge >= 0.3 is 0 Å². The molecule has 106 valence electrons. The summed E-state index contributed by atoms with van der Waals surface area (Å²) >= 11 is 0. The van der Waals surface area contributed by atoms with E-state index in [0.29, 0.717) is 5.69 Å². The molecule has 0 spiro atoms. The SMILES string of the molecule is CC(C)Oc1cccc(NCC2(CCO)CC2)c1N. The third-order valence-electron chi connectivity index (χ3n) is 3.68. The molecule has 1 aromatic rings. The zero-order chi connectivity index (χ0) is 13.9. The van der Waals surface area contributed by atoms with E-state index in [-0.39, 0.29) is 18.1 Å². The minimum Gasteiger partial charge on any atom is -0.489 e. The summed E-state index contributed by atoms with van der Waals surface area (Å²) in [6.07, 6.45) is 3.34. The predicted molar refractivity (Wildman–Crippen MR) is 78.5 cm³/mol. The molecule has 1 saturated carbocycles. The summed E-state index contributed by atoms with van der Waals surface area (Å²) in [6.45, 7) is 5.09. The van der Waals surface area contributed by atoms with Gasteiger partial charge in [-0.05, 0) is 50.7 Å². The summed E-state index contributed by atoms with van der Waals surface area (Å²) in [5, 5.41) is 12.5. The van der Waals surface area contributed by atoms with Crippen LogP contribution >= 0.6 is 0 Å². The number of aliphatic hydroxyl groups is 1. The number of nitrogens with two attached hydrogens (primary N) is 1. The highest BCUT2D eigenvalue weighted by Crippen LogP contribution is 2.48. The minimum atomic E-state index is 0.113. The Morgan fingerprint density at radius 2 is 2.16 bits per heavy atom. The molecule has 1 aliphatic carbocycles. The lowest BCUT2D eigenvalue weighted by Crippen LogP contribution is -2.18. The second-order valence-corrected chi connectivity index (χ2v) is 5.71. The fourth-order valence-electron chi connectivity index (χ4n) is 2.27. The first-order chi connectivity index (χ1) is 9.06. The number of hydrogen-bond acceptors (Lipinski definition) is 4. The zero-order valence-electron chi connectivity index (χ0n) is 11.8. The molecule has 1 aromatic carbocycles. The van der Waals surface area contributed by atoms with E-state index in [4.69, 9.17) is 15.6 Å². The highest BCUT2D eigenvalue weighted by molar-refractivity contribution is 5.73.